The van der Waals surface area contributed by atoms with Gasteiger partial charge in [-0.3, -0.25) is 9.69 Å². The number of unbranched alkanes of at least 4 members (excludes halogenated alkanes) is 1. The number of ether oxygens (including phenoxy) is 1. The van der Waals surface area contributed by atoms with E-state index in [2.05, 4.69) is 46.1 Å². The van der Waals surface area contributed by atoms with Crippen LogP contribution in [0, 0.1) is 0 Å². The van der Waals surface area contributed by atoms with Crippen molar-refractivity contribution in [1.82, 2.24) is 14.9 Å². The molecule has 0 unspecified atom stereocenters. The molecule has 166 valence electrons. The van der Waals surface area contributed by atoms with Gasteiger partial charge >= 0.3 is 6.01 Å². The summed E-state index contributed by atoms with van der Waals surface area (Å²) in [6, 6.07) is 8.95. The van der Waals surface area contributed by atoms with Gasteiger partial charge in [-0.2, -0.15) is 9.97 Å². The summed E-state index contributed by atoms with van der Waals surface area (Å²) >= 11 is 0. The predicted octanol–water partition coefficient (Wildman–Crippen LogP) is 3.36. The molecule has 0 atom stereocenters. The number of nitrogens with two attached hydrogens (primary N) is 1. The quantitative estimate of drug-likeness (QED) is 0.652. The fourth-order valence-corrected chi connectivity index (χ4v) is 4.37. The first-order valence-electron chi connectivity index (χ1n) is 11.5. The number of piperidine rings is 1. The van der Waals surface area contributed by atoms with E-state index in [0.717, 1.165) is 25.2 Å². The molecular weight excluding hydrogens is 390 g/mol. The number of nitrogen functional groups attached to an aromatic ring is 1. The molecule has 31 heavy (non-hydrogen) atoms. The Morgan fingerprint density at radius 1 is 1.10 bits per heavy atom. The molecule has 7 heteroatoms. The summed E-state index contributed by atoms with van der Waals surface area (Å²) in [5.41, 5.74) is 9.37. The van der Waals surface area contributed by atoms with Gasteiger partial charge < -0.3 is 15.4 Å². The van der Waals surface area contributed by atoms with Crippen LogP contribution in [-0.2, 0) is 24.3 Å². The number of ketones is 1. The largest absolute Gasteiger partial charge is 0.463 e. The topological polar surface area (TPSA) is 84.6 Å². The Morgan fingerprint density at radius 3 is 2.65 bits per heavy atom. The molecule has 1 aromatic heterocycles. The van der Waals surface area contributed by atoms with E-state index in [0.29, 0.717) is 37.1 Å². The van der Waals surface area contributed by atoms with Crippen molar-refractivity contribution < 1.29 is 9.53 Å². The molecule has 2 aliphatic heterocycles. The minimum absolute atomic E-state index is 0.131. The lowest BCUT2D eigenvalue weighted by Gasteiger charge is -2.30. The number of carbonyl (C=O) groups is 1. The van der Waals surface area contributed by atoms with Gasteiger partial charge in [0.25, 0.3) is 0 Å². The summed E-state index contributed by atoms with van der Waals surface area (Å²) in [7, 11) is 0. The third-order valence-electron chi connectivity index (χ3n) is 5.99. The van der Waals surface area contributed by atoms with Crippen molar-refractivity contribution in [2.75, 3.05) is 36.9 Å². The second-order valence-corrected chi connectivity index (χ2v) is 8.62. The number of hydrogen-bond donors (Lipinski definition) is 1. The maximum absolute atomic E-state index is 12.4. The highest BCUT2D eigenvalue weighted by atomic mass is 16.5. The standard InChI is InChI=1S/C24H33N5O2/c1-2-3-12-31-24-26-22(25)21-14-20(30)17-29(23(21)27-24)16-19-9-7-8-18(13-19)15-28-10-5-4-6-11-28/h7-9,13H,2-6,10-12,14-17H2,1H3,(H2,25,26,27). The molecule has 0 spiro atoms. The summed E-state index contributed by atoms with van der Waals surface area (Å²) in [4.78, 5) is 25.8. The van der Waals surface area contributed by atoms with Crippen molar-refractivity contribution in [3.8, 4) is 6.01 Å². The maximum Gasteiger partial charge on any atom is 0.320 e. The highest BCUT2D eigenvalue weighted by molar-refractivity contribution is 5.91. The molecule has 0 bridgehead atoms. The molecule has 1 saturated heterocycles. The van der Waals surface area contributed by atoms with E-state index in [-0.39, 0.29) is 12.2 Å². The van der Waals surface area contributed by atoms with Gasteiger partial charge in [-0.1, -0.05) is 44.0 Å². The van der Waals surface area contributed by atoms with Crippen molar-refractivity contribution in [3.63, 3.8) is 0 Å². The van der Waals surface area contributed by atoms with E-state index in [1.165, 1.54) is 43.5 Å². The van der Waals surface area contributed by atoms with Crippen LogP contribution < -0.4 is 15.4 Å². The van der Waals surface area contributed by atoms with Crippen LogP contribution in [0.15, 0.2) is 24.3 Å². The van der Waals surface area contributed by atoms with Gasteiger partial charge in [0.1, 0.15) is 11.6 Å². The fraction of sp³-hybridized carbons (Fsp3) is 0.542. The van der Waals surface area contributed by atoms with Gasteiger partial charge in [0, 0.05) is 25.1 Å². The molecule has 3 heterocycles. The lowest BCUT2D eigenvalue weighted by molar-refractivity contribution is -0.117. The number of carbonyl (C=O) groups excluding carboxylic acids is 1. The Kier molecular flexibility index (Phi) is 7.02. The number of fused-ring (bicyclic) bond motifs is 1. The number of Topliss-reactive ketones (excluding diaryl/α,β-unsaturated/α-hetero) is 1. The third kappa shape index (κ3) is 5.53. The number of nitrogens with zero attached hydrogens (tertiary/aromatic N) is 4. The van der Waals surface area contributed by atoms with E-state index in [1.807, 2.05) is 4.90 Å². The summed E-state index contributed by atoms with van der Waals surface area (Å²) in [5.74, 6) is 1.19. The zero-order chi connectivity index (χ0) is 21.6. The Hall–Kier alpha value is -2.67. The van der Waals surface area contributed by atoms with Crippen LogP contribution in [-0.4, -0.2) is 46.9 Å². The lowest BCUT2D eigenvalue weighted by atomic mass is 10.0. The number of hydrogen-bond acceptors (Lipinski definition) is 7. The molecule has 2 aromatic rings. The SMILES string of the molecule is CCCCOc1nc(N)c2c(n1)N(Cc1cccc(CN3CCCCC3)c1)CC(=O)C2. The van der Waals surface area contributed by atoms with Crippen molar-refractivity contribution in [1.29, 1.82) is 0 Å². The summed E-state index contributed by atoms with van der Waals surface area (Å²) in [6.45, 7) is 6.94. The van der Waals surface area contributed by atoms with Gasteiger partial charge in [-0.25, -0.2) is 0 Å². The zero-order valence-corrected chi connectivity index (χ0v) is 18.5. The molecule has 2 aliphatic rings. The predicted molar refractivity (Wildman–Crippen MR) is 122 cm³/mol. The van der Waals surface area contributed by atoms with Crippen LogP contribution in [0.3, 0.4) is 0 Å². The molecule has 4 rings (SSSR count). The van der Waals surface area contributed by atoms with E-state index >= 15 is 0 Å². The molecule has 1 aromatic carbocycles. The van der Waals surface area contributed by atoms with E-state index in [9.17, 15) is 4.79 Å². The Morgan fingerprint density at radius 2 is 1.87 bits per heavy atom. The van der Waals surface area contributed by atoms with Gasteiger partial charge in [0.2, 0.25) is 0 Å². The molecule has 0 aliphatic carbocycles. The average molecular weight is 424 g/mol. The van der Waals surface area contributed by atoms with Crippen LogP contribution in [0.1, 0.15) is 55.7 Å². The van der Waals surface area contributed by atoms with Crippen molar-refractivity contribution in [3.05, 3.63) is 41.0 Å². The molecule has 0 saturated carbocycles. The van der Waals surface area contributed by atoms with Crippen LogP contribution in [0.25, 0.3) is 0 Å². The van der Waals surface area contributed by atoms with Gasteiger partial charge in [-0.05, 0) is 43.5 Å². The first-order chi connectivity index (χ1) is 15.1. The number of benzene rings is 1. The second-order valence-electron chi connectivity index (χ2n) is 8.62. The Labute approximate surface area is 184 Å². The molecular formula is C24H33N5O2. The van der Waals surface area contributed by atoms with Gasteiger partial charge in [0.05, 0.1) is 13.2 Å². The van der Waals surface area contributed by atoms with Crippen LogP contribution in [0.4, 0.5) is 11.6 Å². The van der Waals surface area contributed by atoms with Gasteiger partial charge in [-0.15, -0.1) is 0 Å². The molecule has 7 nitrogen and oxygen atoms in total. The Balaban J connectivity index is 1.52. The third-order valence-corrected chi connectivity index (χ3v) is 5.99. The second kappa shape index (κ2) is 10.1. The summed E-state index contributed by atoms with van der Waals surface area (Å²) < 4.78 is 5.70. The minimum atomic E-state index is 0.131. The average Bonchev–Trinajstić information content (AvgIpc) is 2.76. The lowest BCUT2D eigenvalue weighted by Crippen LogP contribution is -2.37. The highest BCUT2D eigenvalue weighted by Crippen LogP contribution is 2.30. The van der Waals surface area contributed by atoms with Crippen LogP contribution >= 0.6 is 0 Å². The molecule has 2 N–H and O–H groups in total. The van der Waals surface area contributed by atoms with Gasteiger partial charge in [0.15, 0.2) is 5.78 Å². The number of anilines is 2. The van der Waals surface area contributed by atoms with Crippen molar-refractivity contribution in [2.45, 2.75) is 58.5 Å². The monoisotopic (exact) mass is 423 g/mol. The van der Waals surface area contributed by atoms with Crippen LogP contribution in [0.5, 0.6) is 6.01 Å². The maximum atomic E-state index is 12.4. The van der Waals surface area contributed by atoms with Crippen LogP contribution in [0.2, 0.25) is 0 Å². The smallest absolute Gasteiger partial charge is 0.320 e. The molecule has 0 amide bonds. The number of rotatable bonds is 8. The highest BCUT2D eigenvalue weighted by Gasteiger charge is 2.27. The fourth-order valence-electron chi connectivity index (χ4n) is 4.37. The molecule has 1 fully saturated rings. The summed E-state index contributed by atoms with van der Waals surface area (Å²) in [5, 5.41) is 0. The van der Waals surface area contributed by atoms with E-state index < -0.39 is 0 Å². The van der Waals surface area contributed by atoms with E-state index in [1.54, 1.807) is 0 Å². The molecule has 0 radical (unpaired) electrons. The first kappa shape index (κ1) is 21.6. The minimum Gasteiger partial charge on any atom is -0.463 e. The summed E-state index contributed by atoms with van der Waals surface area (Å²) in [6.07, 6.45) is 6.17. The Bertz CT molecular complexity index is 911. The normalized spacial score (nSPS) is 16.9. The number of aromatic nitrogens is 2. The van der Waals surface area contributed by atoms with Crippen molar-refractivity contribution >= 4 is 17.4 Å². The van der Waals surface area contributed by atoms with Crippen molar-refractivity contribution in [2.24, 2.45) is 0 Å². The first-order valence-corrected chi connectivity index (χ1v) is 11.5. The zero-order valence-electron chi connectivity index (χ0n) is 18.5. The van der Waals surface area contributed by atoms with E-state index in [4.69, 9.17) is 10.5 Å². The number of likely N-dealkylation sites (tertiary alicyclic amines) is 1.